The number of rotatable bonds is 1. The van der Waals surface area contributed by atoms with Gasteiger partial charge in [0.25, 0.3) is 0 Å². The molecule has 0 spiro atoms. The molecule has 1 rings (SSSR count). The predicted molar refractivity (Wildman–Crippen MR) is 38.4 cm³/mol. The molecule has 1 aliphatic rings. The van der Waals surface area contributed by atoms with Crippen LogP contribution >= 0.6 is 0 Å². The molecule has 0 radical (unpaired) electrons. The van der Waals surface area contributed by atoms with E-state index in [1.807, 2.05) is 0 Å². The van der Waals surface area contributed by atoms with E-state index in [-0.39, 0.29) is 0 Å². The van der Waals surface area contributed by atoms with Gasteiger partial charge in [-0.1, -0.05) is 20.8 Å². The Morgan fingerprint density at radius 1 is 1.33 bits per heavy atom. The van der Waals surface area contributed by atoms with Crippen LogP contribution in [-0.4, -0.2) is 12.2 Å². The SMILES string of the molecule is CC1OC1CC(C)(C)C. The molecule has 1 heterocycles. The summed E-state index contributed by atoms with van der Waals surface area (Å²) in [5.74, 6) is 0. The van der Waals surface area contributed by atoms with Gasteiger partial charge in [0.2, 0.25) is 0 Å². The monoisotopic (exact) mass is 128 g/mol. The normalized spacial score (nSPS) is 34.7. The Bertz CT molecular complexity index is 102. The van der Waals surface area contributed by atoms with Gasteiger partial charge in [0.05, 0.1) is 12.2 Å². The minimum Gasteiger partial charge on any atom is -0.370 e. The Kier molecular flexibility index (Phi) is 1.55. The Hall–Kier alpha value is -0.0400. The number of ether oxygens (including phenoxy) is 1. The minimum absolute atomic E-state index is 0.440. The third kappa shape index (κ3) is 2.35. The third-order valence-corrected chi connectivity index (χ3v) is 1.65. The molecule has 0 saturated carbocycles. The van der Waals surface area contributed by atoms with Crippen molar-refractivity contribution in [2.75, 3.05) is 0 Å². The van der Waals surface area contributed by atoms with Crippen LogP contribution in [0.15, 0.2) is 0 Å². The van der Waals surface area contributed by atoms with Gasteiger partial charge in [0.15, 0.2) is 0 Å². The van der Waals surface area contributed by atoms with Crippen molar-refractivity contribution < 1.29 is 4.74 Å². The average molecular weight is 128 g/mol. The summed E-state index contributed by atoms with van der Waals surface area (Å²) in [5.41, 5.74) is 0.440. The summed E-state index contributed by atoms with van der Waals surface area (Å²) in [5, 5.41) is 0. The first-order chi connectivity index (χ1) is 3.99. The maximum atomic E-state index is 5.29. The molecule has 0 N–H and O–H groups in total. The summed E-state index contributed by atoms with van der Waals surface area (Å²) in [4.78, 5) is 0. The van der Waals surface area contributed by atoms with E-state index in [0.717, 1.165) is 0 Å². The Morgan fingerprint density at radius 2 is 1.78 bits per heavy atom. The van der Waals surface area contributed by atoms with Crippen LogP contribution < -0.4 is 0 Å². The smallest absolute Gasteiger partial charge is 0.0844 e. The maximum absolute atomic E-state index is 5.29. The zero-order valence-electron chi connectivity index (χ0n) is 6.77. The van der Waals surface area contributed by atoms with Crippen LogP contribution in [0.5, 0.6) is 0 Å². The summed E-state index contributed by atoms with van der Waals surface area (Å²) in [6, 6.07) is 0. The summed E-state index contributed by atoms with van der Waals surface area (Å²) in [6.07, 6.45) is 2.29. The van der Waals surface area contributed by atoms with E-state index >= 15 is 0 Å². The predicted octanol–water partition coefficient (Wildman–Crippen LogP) is 2.21. The van der Waals surface area contributed by atoms with Crippen LogP contribution in [0.1, 0.15) is 34.1 Å². The number of hydrogen-bond acceptors (Lipinski definition) is 1. The average Bonchev–Trinajstić information content (AvgIpc) is 2.13. The van der Waals surface area contributed by atoms with E-state index in [4.69, 9.17) is 4.74 Å². The van der Waals surface area contributed by atoms with Crippen molar-refractivity contribution >= 4 is 0 Å². The fourth-order valence-electron chi connectivity index (χ4n) is 1.05. The minimum atomic E-state index is 0.440. The molecule has 54 valence electrons. The molecule has 9 heavy (non-hydrogen) atoms. The van der Waals surface area contributed by atoms with Gasteiger partial charge in [-0.05, 0) is 18.8 Å². The highest BCUT2D eigenvalue weighted by Gasteiger charge is 2.36. The Morgan fingerprint density at radius 3 is 1.89 bits per heavy atom. The van der Waals surface area contributed by atoms with Gasteiger partial charge in [-0.3, -0.25) is 0 Å². The topological polar surface area (TPSA) is 12.5 Å². The molecule has 1 nitrogen and oxygen atoms in total. The summed E-state index contributed by atoms with van der Waals surface area (Å²) in [6.45, 7) is 8.89. The van der Waals surface area contributed by atoms with Crippen molar-refractivity contribution in [3.63, 3.8) is 0 Å². The molecule has 0 aromatic rings. The lowest BCUT2D eigenvalue weighted by Gasteiger charge is -2.15. The van der Waals surface area contributed by atoms with Crippen LogP contribution in [0, 0.1) is 5.41 Å². The highest BCUT2D eigenvalue weighted by atomic mass is 16.6. The van der Waals surface area contributed by atoms with Gasteiger partial charge in [-0.15, -0.1) is 0 Å². The van der Waals surface area contributed by atoms with Crippen molar-refractivity contribution in [2.45, 2.75) is 46.3 Å². The lowest BCUT2D eigenvalue weighted by atomic mass is 9.90. The van der Waals surface area contributed by atoms with Crippen LogP contribution in [-0.2, 0) is 4.74 Å². The lowest BCUT2D eigenvalue weighted by Crippen LogP contribution is -2.09. The first-order valence-electron chi connectivity index (χ1n) is 3.64. The molecule has 2 atom stereocenters. The van der Waals surface area contributed by atoms with Gasteiger partial charge in [0.1, 0.15) is 0 Å². The zero-order chi connectivity index (χ0) is 7.07. The van der Waals surface area contributed by atoms with Gasteiger partial charge in [-0.25, -0.2) is 0 Å². The highest BCUT2D eigenvalue weighted by molar-refractivity contribution is 4.84. The van der Waals surface area contributed by atoms with Gasteiger partial charge >= 0.3 is 0 Å². The van der Waals surface area contributed by atoms with Gasteiger partial charge in [0, 0.05) is 0 Å². The van der Waals surface area contributed by atoms with Crippen molar-refractivity contribution in [1.29, 1.82) is 0 Å². The Labute approximate surface area is 57.4 Å². The van der Waals surface area contributed by atoms with Crippen LogP contribution in [0.25, 0.3) is 0 Å². The third-order valence-electron chi connectivity index (χ3n) is 1.65. The van der Waals surface area contributed by atoms with Crippen molar-refractivity contribution in [1.82, 2.24) is 0 Å². The van der Waals surface area contributed by atoms with Gasteiger partial charge < -0.3 is 4.74 Å². The van der Waals surface area contributed by atoms with E-state index in [9.17, 15) is 0 Å². The largest absolute Gasteiger partial charge is 0.370 e. The van der Waals surface area contributed by atoms with E-state index in [1.54, 1.807) is 0 Å². The van der Waals surface area contributed by atoms with Gasteiger partial charge in [-0.2, -0.15) is 0 Å². The molecular weight excluding hydrogens is 112 g/mol. The second kappa shape index (κ2) is 1.98. The first-order valence-corrected chi connectivity index (χ1v) is 3.64. The van der Waals surface area contributed by atoms with E-state index in [2.05, 4.69) is 27.7 Å². The summed E-state index contributed by atoms with van der Waals surface area (Å²) in [7, 11) is 0. The van der Waals surface area contributed by atoms with Crippen LogP contribution in [0.2, 0.25) is 0 Å². The number of hydrogen-bond donors (Lipinski definition) is 0. The molecule has 1 fully saturated rings. The molecule has 2 unspecified atom stereocenters. The Balaban J connectivity index is 2.19. The quantitative estimate of drug-likeness (QED) is 0.493. The summed E-state index contributed by atoms with van der Waals surface area (Å²) < 4.78 is 5.29. The molecular formula is C8H16O. The van der Waals surface area contributed by atoms with Crippen molar-refractivity contribution in [3.8, 4) is 0 Å². The van der Waals surface area contributed by atoms with Crippen LogP contribution in [0.3, 0.4) is 0 Å². The molecule has 0 amide bonds. The van der Waals surface area contributed by atoms with E-state index < -0.39 is 0 Å². The van der Waals surface area contributed by atoms with Crippen molar-refractivity contribution in [3.05, 3.63) is 0 Å². The standard InChI is InChI=1S/C8H16O/c1-6-7(9-6)5-8(2,3)4/h6-7H,5H2,1-4H3. The second-order valence-corrected chi connectivity index (χ2v) is 4.14. The molecule has 0 aromatic carbocycles. The van der Waals surface area contributed by atoms with E-state index in [1.165, 1.54) is 6.42 Å². The second-order valence-electron chi connectivity index (χ2n) is 4.14. The maximum Gasteiger partial charge on any atom is 0.0844 e. The van der Waals surface area contributed by atoms with Crippen LogP contribution in [0.4, 0.5) is 0 Å². The lowest BCUT2D eigenvalue weighted by molar-refractivity contribution is 0.295. The highest BCUT2D eigenvalue weighted by Crippen LogP contribution is 2.33. The fourth-order valence-corrected chi connectivity index (χ4v) is 1.05. The molecule has 0 aliphatic carbocycles. The number of epoxide rings is 1. The zero-order valence-corrected chi connectivity index (χ0v) is 6.77. The van der Waals surface area contributed by atoms with E-state index in [0.29, 0.717) is 17.6 Å². The molecule has 1 aliphatic heterocycles. The first kappa shape index (κ1) is 7.07. The molecule has 1 heteroatoms. The fraction of sp³-hybridized carbons (Fsp3) is 1.00. The molecule has 0 aromatic heterocycles. The molecule has 0 bridgehead atoms. The molecule has 1 saturated heterocycles. The van der Waals surface area contributed by atoms with Crippen molar-refractivity contribution in [2.24, 2.45) is 5.41 Å². The summed E-state index contributed by atoms with van der Waals surface area (Å²) >= 11 is 0.